The van der Waals surface area contributed by atoms with Gasteiger partial charge in [0.1, 0.15) is 5.67 Å². The summed E-state index contributed by atoms with van der Waals surface area (Å²) >= 11 is 0. The fraction of sp³-hybridized carbons (Fsp3) is 0.531. The number of hydrogen-bond donors (Lipinski definition) is 2. The molecule has 1 fully saturated rings. The first kappa shape index (κ1) is 43.6. The van der Waals surface area contributed by atoms with Crippen molar-refractivity contribution in [2.45, 2.75) is 145 Å². The molecule has 2 aromatic carbocycles. The number of unbranched alkanes of at least 4 members (excludes halogenated alkanes) is 1. The lowest BCUT2D eigenvalue weighted by molar-refractivity contribution is 0.159. The van der Waals surface area contributed by atoms with Crippen LogP contribution in [0.3, 0.4) is 0 Å². The van der Waals surface area contributed by atoms with E-state index in [2.05, 4.69) is 115 Å². The highest BCUT2D eigenvalue weighted by atomic mass is 19.1. The summed E-state index contributed by atoms with van der Waals surface area (Å²) in [6.45, 7) is 37.1. The number of allylic oxidation sites excluding steroid dienone is 5. The fourth-order valence-electron chi connectivity index (χ4n) is 8.00. The minimum atomic E-state index is -1.56. The van der Waals surface area contributed by atoms with E-state index in [1.54, 1.807) is 13.0 Å². The maximum Gasteiger partial charge on any atom is 0.149 e. The molecular formula is C49H70FN3. The van der Waals surface area contributed by atoms with Crippen molar-refractivity contribution < 1.29 is 4.39 Å². The summed E-state index contributed by atoms with van der Waals surface area (Å²) in [4.78, 5) is 0. The Bertz CT molecular complexity index is 1740. The number of rotatable bonds is 19. The number of nitrogens with zero attached hydrogens (tertiary/aromatic N) is 1. The van der Waals surface area contributed by atoms with Crippen LogP contribution in [0.1, 0.15) is 141 Å². The third-order valence-electron chi connectivity index (χ3n) is 12.9. The van der Waals surface area contributed by atoms with Crippen molar-refractivity contribution >= 4 is 11.3 Å². The highest BCUT2D eigenvalue weighted by Gasteiger charge is 2.40. The molecule has 1 saturated carbocycles. The van der Waals surface area contributed by atoms with Crippen molar-refractivity contribution in [2.24, 2.45) is 17.3 Å². The van der Waals surface area contributed by atoms with E-state index in [1.165, 1.54) is 40.7 Å². The van der Waals surface area contributed by atoms with E-state index in [0.717, 1.165) is 67.3 Å². The lowest BCUT2D eigenvalue weighted by atomic mass is 9.71. The van der Waals surface area contributed by atoms with Gasteiger partial charge in [0, 0.05) is 45.8 Å². The van der Waals surface area contributed by atoms with Crippen LogP contribution in [0.4, 0.5) is 10.1 Å². The first-order valence-corrected chi connectivity index (χ1v) is 20.3. The molecule has 1 aliphatic rings. The summed E-state index contributed by atoms with van der Waals surface area (Å²) in [5, 5.41) is 17.8. The van der Waals surface area contributed by atoms with Crippen LogP contribution in [0.15, 0.2) is 84.8 Å². The van der Waals surface area contributed by atoms with E-state index in [0.29, 0.717) is 29.4 Å². The minimum absolute atomic E-state index is 0.0975. The summed E-state index contributed by atoms with van der Waals surface area (Å²) in [7, 11) is 0. The molecule has 0 bridgehead atoms. The van der Waals surface area contributed by atoms with Crippen molar-refractivity contribution in [1.29, 1.82) is 5.26 Å². The van der Waals surface area contributed by atoms with Crippen LogP contribution in [0, 0.1) is 42.4 Å². The number of halogens is 1. The Labute approximate surface area is 323 Å². The van der Waals surface area contributed by atoms with Crippen LogP contribution >= 0.6 is 0 Å². The Morgan fingerprint density at radius 3 is 2.17 bits per heavy atom. The van der Waals surface area contributed by atoms with Crippen LogP contribution in [0.2, 0.25) is 0 Å². The van der Waals surface area contributed by atoms with Gasteiger partial charge in [0.05, 0.1) is 6.07 Å². The predicted octanol–water partition coefficient (Wildman–Crippen LogP) is 13.6. The zero-order valence-corrected chi connectivity index (χ0v) is 35.2. The molecule has 0 aromatic heterocycles. The monoisotopic (exact) mass is 720 g/mol. The van der Waals surface area contributed by atoms with Crippen molar-refractivity contribution in [2.75, 3.05) is 11.9 Å². The van der Waals surface area contributed by atoms with Gasteiger partial charge in [-0.25, -0.2) is 4.39 Å². The van der Waals surface area contributed by atoms with Gasteiger partial charge in [0.15, 0.2) is 0 Å². The van der Waals surface area contributed by atoms with Crippen LogP contribution in [0.25, 0.3) is 5.57 Å². The molecule has 3 nitrogen and oxygen atoms in total. The SMILES string of the molecule is C=C/C(C(=C)Nc1ccc(C(C)(C)C(C)CC)cc1C(=C)/C=C(\NCC)C(C)(F)C(C)C)=C(/C#N)C1(Cc2ccc(CCCC)c(C)c2C)CCCC1. The molecule has 0 saturated heterocycles. The third kappa shape index (κ3) is 9.64. The van der Waals surface area contributed by atoms with Gasteiger partial charge in [-0.2, -0.15) is 5.26 Å². The quantitative estimate of drug-likeness (QED) is 0.112. The Kier molecular flexibility index (Phi) is 15.2. The maximum absolute atomic E-state index is 16.2. The second kappa shape index (κ2) is 18.5. The van der Waals surface area contributed by atoms with Gasteiger partial charge in [0.25, 0.3) is 0 Å². The van der Waals surface area contributed by atoms with Gasteiger partial charge >= 0.3 is 0 Å². The number of benzene rings is 2. The zero-order valence-electron chi connectivity index (χ0n) is 35.2. The molecule has 0 spiro atoms. The molecule has 2 N–H and O–H groups in total. The lowest BCUT2D eigenvalue weighted by Crippen LogP contribution is -2.36. The van der Waals surface area contributed by atoms with E-state index in [4.69, 9.17) is 0 Å². The van der Waals surface area contributed by atoms with Crippen molar-refractivity contribution in [1.82, 2.24) is 5.32 Å². The number of anilines is 1. The molecule has 1 aliphatic carbocycles. The highest BCUT2D eigenvalue weighted by molar-refractivity contribution is 5.83. The van der Waals surface area contributed by atoms with Crippen LogP contribution in [-0.4, -0.2) is 12.2 Å². The van der Waals surface area contributed by atoms with E-state index in [9.17, 15) is 5.26 Å². The molecule has 2 unspecified atom stereocenters. The molecule has 53 heavy (non-hydrogen) atoms. The number of hydrogen-bond acceptors (Lipinski definition) is 3. The highest BCUT2D eigenvalue weighted by Crippen LogP contribution is 2.49. The summed E-state index contributed by atoms with van der Waals surface area (Å²) in [5.41, 5.74) is 9.74. The smallest absolute Gasteiger partial charge is 0.149 e. The standard InChI is InChI=1S/C49H70FN3/c1-15-19-22-39-23-24-40(37(10)36(39)9)31-49(27-20-21-28-49)44(32-51)42(17-3)38(11)53-45-26-25-41(47(12,13)35(8)16-2)30-43(45)34(7)29-46(52-18-4)48(14,50)33(5)6/h17,23-26,29-30,33,35,52-53H,3,7,11,15-16,18-22,27-28,31H2,1-2,4-6,8-10,12-14H3/b44-42+,46-29-. The predicted molar refractivity (Wildman–Crippen MR) is 229 cm³/mol. The number of nitriles is 1. The van der Waals surface area contributed by atoms with Crippen LogP contribution in [0.5, 0.6) is 0 Å². The van der Waals surface area contributed by atoms with E-state index >= 15 is 4.39 Å². The summed E-state index contributed by atoms with van der Waals surface area (Å²) < 4.78 is 16.2. The first-order valence-electron chi connectivity index (χ1n) is 20.3. The fourth-order valence-corrected chi connectivity index (χ4v) is 8.00. The molecule has 0 amide bonds. The molecule has 3 rings (SSSR count). The zero-order chi connectivity index (χ0) is 39.7. The van der Waals surface area contributed by atoms with Gasteiger partial charge in [-0.05, 0) is 129 Å². The Morgan fingerprint density at radius 2 is 1.62 bits per heavy atom. The normalized spacial score (nSPS) is 16.7. The minimum Gasteiger partial charge on any atom is -0.386 e. The second-order valence-corrected chi connectivity index (χ2v) is 16.7. The topological polar surface area (TPSA) is 47.8 Å². The molecule has 0 radical (unpaired) electrons. The van der Waals surface area contributed by atoms with Gasteiger partial charge in [-0.15, -0.1) is 0 Å². The van der Waals surface area contributed by atoms with Crippen LogP contribution in [-0.2, 0) is 18.3 Å². The number of alkyl halides is 1. The van der Waals surface area contributed by atoms with Crippen LogP contribution < -0.4 is 10.6 Å². The maximum atomic E-state index is 16.2. The second-order valence-electron chi connectivity index (χ2n) is 16.7. The lowest BCUT2D eigenvalue weighted by Gasteiger charge is -2.33. The van der Waals surface area contributed by atoms with Crippen molar-refractivity contribution in [3.63, 3.8) is 0 Å². The summed E-state index contributed by atoms with van der Waals surface area (Å²) in [5.74, 6) is 0.212. The van der Waals surface area contributed by atoms with Crippen molar-refractivity contribution in [3.05, 3.63) is 118 Å². The Balaban J connectivity index is 2.17. The summed E-state index contributed by atoms with van der Waals surface area (Å²) in [6, 6.07) is 13.8. The van der Waals surface area contributed by atoms with Gasteiger partial charge in [-0.1, -0.05) is 118 Å². The number of aryl methyl sites for hydroxylation is 1. The number of nitrogens with one attached hydrogen (secondary N) is 2. The largest absolute Gasteiger partial charge is 0.386 e. The van der Waals surface area contributed by atoms with Gasteiger partial charge < -0.3 is 10.6 Å². The Morgan fingerprint density at radius 1 is 1.00 bits per heavy atom. The molecule has 288 valence electrons. The molecule has 0 heterocycles. The molecule has 2 aromatic rings. The van der Waals surface area contributed by atoms with Gasteiger partial charge in [0.2, 0.25) is 0 Å². The third-order valence-corrected chi connectivity index (χ3v) is 12.9. The van der Waals surface area contributed by atoms with E-state index in [-0.39, 0.29) is 16.7 Å². The molecular weight excluding hydrogens is 650 g/mol. The Hall–Kier alpha value is -3.84. The average molecular weight is 720 g/mol. The molecule has 0 aliphatic heterocycles. The van der Waals surface area contributed by atoms with E-state index in [1.807, 2.05) is 26.8 Å². The summed E-state index contributed by atoms with van der Waals surface area (Å²) in [6.07, 6.45) is 13.1. The van der Waals surface area contributed by atoms with Crippen molar-refractivity contribution in [3.8, 4) is 6.07 Å². The first-order chi connectivity index (χ1) is 24.9. The average Bonchev–Trinajstić information content (AvgIpc) is 3.60. The van der Waals surface area contributed by atoms with Gasteiger partial charge in [-0.3, -0.25) is 0 Å². The molecule has 2 atom stereocenters. The van der Waals surface area contributed by atoms with E-state index < -0.39 is 5.67 Å². The molecule has 4 heteroatoms.